The zero-order chi connectivity index (χ0) is 19.8. The molecule has 4 amide bonds. The number of nitrogens with zero attached hydrogens (tertiary/aromatic N) is 2. The first-order chi connectivity index (χ1) is 13.4. The minimum atomic E-state index is -0.641. The van der Waals surface area contributed by atoms with E-state index in [1.54, 1.807) is 12.1 Å². The molecule has 1 aromatic rings. The van der Waals surface area contributed by atoms with Crippen molar-refractivity contribution in [2.75, 3.05) is 25.0 Å². The first-order valence-electron chi connectivity index (χ1n) is 9.72. The van der Waals surface area contributed by atoms with Gasteiger partial charge in [-0.05, 0) is 30.9 Å². The van der Waals surface area contributed by atoms with Crippen LogP contribution >= 0.6 is 0 Å². The number of piperidine rings is 1. The summed E-state index contributed by atoms with van der Waals surface area (Å²) in [6, 6.07) is 4.71. The van der Waals surface area contributed by atoms with Crippen LogP contribution in [0.3, 0.4) is 0 Å². The Morgan fingerprint density at radius 3 is 2.79 bits per heavy atom. The first-order valence-corrected chi connectivity index (χ1v) is 9.72. The van der Waals surface area contributed by atoms with Gasteiger partial charge in [0.2, 0.25) is 17.7 Å². The molecule has 0 aliphatic carbocycles. The number of likely N-dealkylation sites (tertiary alicyclic amines) is 1. The van der Waals surface area contributed by atoms with Gasteiger partial charge in [-0.3, -0.25) is 24.5 Å². The van der Waals surface area contributed by atoms with Crippen molar-refractivity contribution in [3.05, 3.63) is 29.3 Å². The van der Waals surface area contributed by atoms with E-state index in [0.29, 0.717) is 24.4 Å². The van der Waals surface area contributed by atoms with E-state index in [1.165, 1.54) is 4.90 Å². The molecule has 8 nitrogen and oxygen atoms in total. The minimum Gasteiger partial charge on any atom is -0.376 e. The molecule has 3 aliphatic heterocycles. The third-order valence-electron chi connectivity index (χ3n) is 5.79. The standard InChI is InChI=1S/C20H24N4O4/c1-12-7-8-23(10-12)18(26)9-21-15-4-2-3-13-14(15)11-24(20(13)28)16-5-6-17(25)22-19(16)27/h2-4,12,16,21H,5-11H2,1H3,(H,22,25,27). The molecular formula is C20H24N4O4. The molecule has 2 fully saturated rings. The molecule has 3 heterocycles. The van der Waals surface area contributed by atoms with Crippen molar-refractivity contribution in [3.8, 4) is 0 Å². The van der Waals surface area contributed by atoms with E-state index in [4.69, 9.17) is 0 Å². The molecule has 2 N–H and O–H groups in total. The fourth-order valence-corrected chi connectivity index (χ4v) is 4.20. The molecule has 8 heteroatoms. The molecule has 3 aliphatic rings. The van der Waals surface area contributed by atoms with Crippen LogP contribution in [0.5, 0.6) is 0 Å². The lowest BCUT2D eigenvalue weighted by Gasteiger charge is -2.29. The average molecular weight is 384 g/mol. The third-order valence-corrected chi connectivity index (χ3v) is 5.79. The van der Waals surface area contributed by atoms with Crippen LogP contribution < -0.4 is 10.6 Å². The number of carbonyl (C=O) groups is 4. The molecule has 148 valence electrons. The highest BCUT2D eigenvalue weighted by Gasteiger charge is 2.39. The SMILES string of the molecule is CC1CCN(C(=O)CNc2cccc3c2CN(C2CCC(=O)NC2=O)C3=O)C1. The van der Waals surface area contributed by atoms with Crippen LogP contribution in [0.4, 0.5) is 5.69 Å². The second kappa shape index (κ2) is 7.26. The van der Waals surface area contributed by atoms with Crippen LogP contribution in [0, 0.1) is 5.92 Å². The van der Waals surface area contributed by atoms with Gasteiger partial charge in [0.05, 0.1) is 6.54 Å². The molecule has 1 aromatic carbocycles. The van der Waals surface area contributed by atoms with E-state index >= 15 is 0 Å². The number of nitrogens with one attached hydrogen (secondary N) is 2. The van der Waals surface area contributed by atoms with E-state index in [2.05, 4.69) is 17.6 Å². The third kappa shape index (κ3) is 3.34. The number of hydrogen-bond acceptors (Lipinski definition) is 5. The second-order valence-corrected chi connectivity index (χ2v) is 7.82. The maximum atomic E-state index is 12.8. The number of amides is 4. The van der Waals surface area contributed by atoms with Gasteiger partial charge in [0.1, 0.15) is 6.04 Å². The lowest BCUT2D eigenvalue weighted by molar-refractivity contribution is -0.137. The highest BCUT2D eigenvalue weighted by atomic mass is 16.2. The van der Waals surface area contributed by atoms with Crippen LogP contribution in [0.2, 0.25) is 0 Å². The van der Waals surface area contributed by atoms with Crippen LogP contribution in [0.25, 0.3) is 0 Å². The van der Waals surface area contributed by atoms with Gasteiger partial charge >= 0.3 is 0 Å². The Labute approximate surface area is 163 Å². The zero-order valence-electron chi connectivity index (χ0n) is 15.9. The van der Waals surface area contributed by atoms with Gasteiger partial charge in [-0.2, -0.15) is 0 Å². The number of rotatable bonds is 4. The topological polar surface area (TPSA) is 98.8 Å². The molecule has 2 unspecified atom stereocenters. The molecule has 0 saturated carbocycles. The summed E-state index contributed by atoms with van der Waals surface area (Å²) in [5.41, 5.74) is 2.07. The Bertz CT molecular complexity index is 853. The number of anilines is 1. The molecular weight excluding hydrogens is 360 g/mol. The second-order valence-electron chi connectivity index (χ2n) is 7.82. The fourth-order valence-electron chi connectivity index (χ4n) is 4.20. The van der Waals surface area contributed by atoms with Crippen LogP contribution in [-0.2, 0) is 20.9 Å². The summed E-state index contributed by atoms with van der Waals surface area (Å²) in [5, 5.41) is 5.48. The maximum absolute atomic E-state index is 12.8. The van der Waals surface area contributed by atoms with Crippen LogP contribution in [0.15, 0.2) is 18.2 Å². The van der Waals surface area contributed by atoms with Gasteiger partial charge < -0.3 is 15.1 Å². The maximum Gasteiger partial charge on any atom is 0.255 e. The minimum absolute atomic E-state index is 0.0494. The van der Waals surface area contributed by atoms with Gasteiger partial charge in [0, 0.05) is 42.9 Å². The van der Waals surface area contributed by atoms with Crippen molar-refractivity contribution in [1.29, 1.82) is 0 Å². The normalized spacial score (nSPS) is 24.4. The van der Waals surface area contributed by atoms with Crippen molar-refractivity contribution >= 4 is 29.3 Å². The highest BCUT2D eigenvalue weighted by Crippen LogP contribution is 2.32. The summed E-state index contributed by atoms with van der Waals surface area (Å²) in [6.45, 7) is 4.18. The zero-order valence-corrected chi connectivity index (χ0v) is 15.9. The van der Waals surface area contributed by atoms with E-state index in [0.717, 1.165) is 30.8 Å². The first kappa shape index (κ1) is 18.5. The largest absolute Gasteiger partial charge is 0.376 e. The Morgan fingerprint density at radius 1 is 1.25 bits per heavy atom. The van der Waals surface area contributed by atoms with Gasteiger partial charge in [0.25, 0.3) is 5.91 Å². The summed E-state index contributed by atoms with van der Waals surface area (Å²) in [4.78, 5) is 52.2. The molecule has 28 heavy (non-hydrogen) atoms. The van der Waals surface area contributed by atoms with E-state index in [-0.39, 0.29) is 30.7 Å². The molecule has 2 saturated heterocycles. The molecule has 0 aromatic heterocycles. The summed E-state index contributed by atoms with van der Waals surface area (Å²) in [5.74, 6) is -0.362. The predicted molar refractivity (Wildman–Crippen MR) is 101 cm³/mol. The lowest BCUT2D eigenvalue weighted by atomic mass is 10.0. The fraction of sp³-hybridized carbons (Fsp3) is 0.500. The van der Waals surface area contributed by atoms with Gasteiger partial charge in [-0.15, -0.1) is 0 Å². The van der Waals surface area contributed by atoms with Crippen molar-refractivity contribution < 1.29 is 19.2 Å². The average Bonchev–Trinajstić information content (AvgIpc) is 3.24. The Kier molecular flexibility index (Phi) is 4.78. The summed E-state index contributed by atoms with van der Waals surface area (Å²) < 4.78 is 0. The van der Waals surface area contributed by atoms with Gasteiger partial charge in [-0.1, -0.05) is 13.0 Å². The number of hydrogen-bond donors (Lipinski definition) is 2. The molecule has 0 spiro atoms. The smallest absolute Gasteiger partial charge is 0.255 e. The summed E-state index contributed by atoms with van der Waals surface area (Å²) in [7, 11) is 0. The molecule has 0 bridgehead atoms. The van der Waals surface area contributed by atoms with E-state index < -0.39 is 11.9 Å². The summed E-state index contributed by atoms with van der Waals surface area (Å²) in [6.07, 6.45) is 1.59. The number of benzene rings is 1. The monoisotopic (exact) mass is 384 g/mol. The van der Waals surface area contributed by atoms with Gasteiger partial charge in [0.15, 0.2) is 0 Å². The Morgan fingerprint density at radius 2 is 2.07 bits per heavy atom. The molecule has 4 rings (SSSR count). The number of carbonyl (C=O) groups excluding carboxylic acids is 4. The number of imide groups is 1. The van der Waals surface area contributed by atoms with E-state index in [9.17, 15) is 19.2 Å². The lowest BCUT2D eigenvalue weighted by Crippen LogP contribution is -2.52. The van der Waals surface area contributed by atoms with Gasteiger partial charge in [-0.25, -0.2) is 0 Å². The van der Waals surface area contributed by atoms with Crippen LogP contribution in [0.1, 0.15) is 42.1 Å². The van der Waals surface area contributed by atoms with Crippen molar-refractivity contribution in [2.24, 2.45) is 5.92 Å². The number of fused-ring (bicyclic) bond motifs is 1. The molecule has 2 atom stereocenters. The quantitative estimate of drug-likeness (QED) is 0.746. The van der Waals surface area contributed by atoms with Crippen molar-refractivity contribution in [2.45, 2.75) is 38.8 Å². The van der Waals surface area contributed by atoms with Crippen molar-refractivity contribution in [3.63, 3.8) is 0 Å². The molecule has 0 radical (unpaired) electrons. The van der Waals surface area contributed by atoms with Crippen molar-refractivity contribution in [1.82, 2.24) is 15.1 Å². The Hall–Kier alpha value is -2.90. The summed E-state index contributed by atoms with van der Waals surface area (Å²) >= 11 is 0. The highest BCUT2D eigenvalue weighted by molar-refractivity contribution is 6.06. The Balaban J connectivity index is 1.46. The van der Waals surface area contributed by atoms with Crippen LogP contribution in [-0.4, -0.2) is 59.1 Å². The predicted octanol–water partition coefficient (Wildman–Crippen LogP) is 0.728. The van der Waals surface area contributed by atoms with E-state index in [1.807, 2.05) is 11.0 Å².